The van der Waals surface area contributed by atoms with Gasteiger partial charge in [0.2, 0.25) is 11.1 Å². The number of hydrogen-bond donors (Lipinski definition) is 0. The molecule has 3 rings (SSSR count). The van der Waals surface area contributed by atoms with Crippen LogP contribution in [0.15, 0.2) is 0 Å². The smallest absolute Gasteiger partial charge is 0.332 e. The molecule has 0 bridgehead atoms. The lowest BCUT2D eigenvalue weighted by molar-refractivity contribution is -0.385. The van der Waals surface area contributed by atoms with Crippen molar-refractivity contribution < 1.29 is 4.92 Å². The summed E-state index contributed by atoms with van der Waals surface area (Å²) in [6.07, 6.45) is 7.02. The van der Waals surface area contributed by atoms with E-state index in [0.29, 0.717) is 23.5 Å². The fourth-order valence-electron chi connectivity index (χ4n) is 3.82. The Hall–Kier alpha value is -1.43. The van der Waals surface area contributed by atoms with Crippen LogP contribution in [0.1, 0.15) is 44.2 Å². The molecule has 2 atom stereocenters. The fourth-order valence-corrected chi connectivity index (χ4v) is 4.03. The molecule has 1 saturated carbocycles. The third-order valence-corrected chi connectivity index (χ3v) is 4.88. The Morgan fingerprint density at radius 2 is 1.95 bits per heavy atom. The number of halogens is 1. The van der Waals surface area contributed by atoms with Crippen LogP contribution in [-0.4, -0.2) is 27.5 Å². The van der Waals surface area contributed by atoms with E-state index in [0.717, 1.165) is 19.4 Å². The number of anilines is 1. The zero-order valence-electron chi connectivity index (χ0n) is 12.1. The summed E-state index contributed by atoms with van der Waals surface area (Å²) in [4.78, 5) is 21.3. The van der Waals surface area contributed by atoms with Crippen LogP contribution in [0.4, 0.5) is 11.5 Å². The maximum absolute atomic E-state index is 11.4. The van der Waals surface area contributed by atoms with Crippen molar-refractivity contribution in [2.45, 2.75) is 51.5 Å². The molecule has 0 aromatic carbocycles. The second kappa shape index (κ2) is 5.75. The van der Waals surface area contributed by atoms with Gasteiger partial charge >= 0.3 is 5.69 Å². The van der Waals surface area contributed by atoms with Crippen LogP contribution < -0.4 is 4.90 Å². The summed E-state index contributed by atoms with van der Waals surface area (Å²) in [5, 5.41) is 11.5. The molecule has 6 nitrogen and oxygen atoms in total. The van der Waals surface area contributed by atoms with Crippen LogP contribution in [0.5, 0.6) is 0 Å². The van der Waals surface area contributed by atoms with Crippen LogP contribution in [-0.2, 0) is 0 Å². The van der Waals surface area contributed by atoms with Gasteiger partial charge in [-0.15, -0.1) is 0 Å². The number of piperidine rings is 1. The van der Waals surface area contributed by atoms with Crippen molar-refractivity contribution in [3.63, 3.8) is 0 Å². The summed E-state index contributed by atoms with van der Waals surface area (Å²) in [6.45, 7) is 2.44. The van der Waals surface area contributed by atoms with E-state index >= 15 is 0 Å². The largest absolute Gasteiger partial charge is 0.347 e. The number of nitro groups is 1. The first kappa shape index (κ1) is 14.5. The minimum absolute atomic E-state index is 0.00521. The molecule has 7 heteroatoms. The van der Waals surface area contributed by atoms with E-state index in [-0.39, 0.29) is 15.9 Å². The molecule has 0 radical (unpaired) electrons. The van der Waals surface area contributed by atoms with Crippen molar-refractivity contribution in [1.29, 1.82) is 0 Å². The van der Waals surface area contributed by atoms with Crippen molar-refractivity contribution >= 4 is 23.1 Å². The molecule has 1 saturated heterocycles. The molecule has 114 valence electrons. The van der Waals surface area contributed by atoms with Crippen molar-refractivity contribution in [3.05, 3.63) is 21.1 Å². The molecule has 2 aliphatic rings. The van der Waals surface area contributed by atoms with Gasteiger partial charge in [-0.3, -0.25) is 10.1 Å². The van der Waals surface area contributed by atoms with Crippen molar-refractivity contribution in [1.82, 2.24) is 9.97 Å². The number of aromatic nitrogens is 2. The molecule has 2 fully saturated rings. The van der Waals surface area contributed by atoms with Crippen LogP contribution in [0.25, 0.3) is 0 Å². The monoisotopic (exact) mass is 310 g/mol. The van der Waals surface area contributed by atoms with Gasteiger partial charge in [0, 0.05) is 12.6 Å². The SMILES string of the molecule is Cc1nc(Cl)nc(N2CCC[C@H]3CCCC[C@H]32)c1[N+](=O)[O-]. The van der Waals surface area contributed by atoms with Crippen LogP contribution in [0, 0.1) is 23.0 Å². The third kappa shape index (κ3) is 2.69. The van der Waals surface area contributed by atoms with Crippen molar-refractivity contribution in [3.8, 4) is 0 Å². The van der Waals surface area contributed by atoms with Crippen LogP contribution in [0.2, 0.25) is 5.28 Å². The summed E-state index contributed by atoms with van der Waals surface area (Å²) in [5.74, 6) is 1.04. The highest BCUT2D eigenvalue weighted by atomic mass is 35.5. The molecule has 0 spiro atoms. The molecule has 1 aromatic rings. The first-order valence-electron chi connectivity index (χ1n) is 7.53. The van der Waals surface area contributed by atoms with E-state index < -0.39 is 0 Å². The molecule has 2 heterocycles. The lowest BCUT2D eigenvalue weighted by Crippen LogP contribution is -2.47. The van der Waals surface area contributed by atoms with Gasteiger partial charge in [0.1, 0.15) is 5.69 Å². The first-order valence-corrected chi connectivity index (χ1v) is 7.91. The summed E-state index contributed by atoms with van der Waals surface area (Å²) in [7, 11) is 0. The Labute approximate surface area is 128 Å². The van der Waals surface area contributed by atoms with E-state index in [1.807, 2.05) is 0 Å². The Bertz CT molecular complexity index is 564. The maximum Gasteiger partial charge on any atom is 0.332 e. The third-order valence-electron chi connectivity index (χ3n) is 4.71. The molecule has 1 aliphatic carbocycles. The van der Waals surface area contributed by atoms with E-state index in [1.54, 1.807) is 6.92 Å². The molecule has 0 unspecified atom stereocenters. The van der Waals surface area contributed by atoms with Gasteiger partial charge in [-0.05, 0) is 50.1 Å². The second-order valence-corrected chi connectivity index (χ2v) is 6.29. The van der Waals surface area contributed by atoms with Gasteiger partial charge in [0.25, 0.3) is 0 Å². The lowest BCUT2D eigenvalue weighted by Gasteiger charge is -2.44. The Morgan fingerprint density at radius 3 is 2.71 bits per heavy atom. The number of hydrogen-bond acceptors (Lipinski definition) is 5. The van der Waals surface area contributed by atoms with E-state index in [4.69, 9.17) is 11.6 Å². The highest BCUT2D eigenvalue weighted by Crippen LogP contribution is 2.40. The van der Waals surface area contributed by atoms with E-state index in [2.05, 4.69) is 14.9 Å². The molecule has 21 heavy (non-hydrogen) atoms. The van der Waals surface area contributed by atoms with Gasteiger partial charge < -0.3 is 4.90 Å². The average molecular weight is 311 g/mol. The van der Waals surface area contributed by atoms with E-state index in [1.165, 1.54) is 25.7 Å². The second-order valence-electron chi connectivity index (χ2n) is 5.95. The standard InChI is InChI=1S/C14H19ClN4O2/c1-9-12(19(20)21)13(17-14(15)16-9)18-8-4-6-10-5-2-3-7-11(10)18/h10-11H,2-8H2,1H3/t10-,11-/m1/s1. The normalized spacial score (nSPS) is 25.5. The summed E-state index contributed by atoms with van der Waals surface area (Å²) in [5.41, 5.74) is 0.346. The average Bonchev–Trinajstić information content (AvgIpc) is 2.45. The van der Waals surface area contributed by atoms with Crippen LogP contribution >= 0.6 is 11.6 Å². The molecule has 1 aromatic heterocycles. The maximum atomic E-state index is 11.4. The summed E-state index contributed by atoms with van der Waals surface area (Å²) < 4.78 is 0. The number of aryl methyl sites for hydroxylation is 1. The molecular weight excluding hydrogens is 292 g/mol. The Balaban J connectivity index is 2.04. The quantitative estimate of drug-likeness (QED) is 0.475. The Morgan fingerprint density at radius 1 is 1.24 bits per heavy atom. The predicted molar refractivity (Wildman–Crippen MR) is 80.8 cm³/mol. The van der Waals surface area contributed by atoms with Crippen molar-refractivity contribution in [2.75, 3.05) is 11.4 Å². The fraction of sp³-hybridized carbons (Fsp3) is 0.714. The van der Waals surface area contributed by atoms with E-state index in [9.17, 15) is 10.1 Å². The van der Waals surface area contributed by atoms with Gasteiger partial charge in [-0.2, -0.15) is 4.98 Å². The molecule has 0 amide bonds. The van der Waals surface area contributed by atoms with Crippen molar-refractivity contribution in [2.24, 2.45) is 5.92 Å². The number of rotatable bonds is 2. The zero-order chi connectivity index (χ0) is 15.0. The first-order chi connectivity index (χ1) is 10.1. The minimum Gasteiger partial charge on any atom is -0.347 e. The van der Waals surface area contributed by atoms with Gasteiger partial charge in [0.15, 0.2) is 0 Å². The summed E-state index contributed by atoms with van der Waals surface area (Å²) in [6, 6.07) is 0.358. The van der Waals surface area contributed by atoms with Gasteiger partial charge in [-0.25, -0.2) is 4.98 Å². The van der Waals surface area contributed by atoms with Gasteiger partial charge in [-0.1, -0.05) is 12.8 Å². The number of fused-ring (bicyclic) bond motifs is 1. The molecule has 1 aliphatic heterocycles. The highest BCUT2D eigenvalue weighted by molar-refractivity contribution is 6.28. The minimum atomic E-state index is -0.382. The summed E-state index contributed by atoms with van der Waals surface area (Å²) >= 11 is 5.95. The zero-order valence-corrected chi connectivity index (χ0v) is 12.8. The molecular formula is C14H19ClN4O2. The molecule has 0 N–H and O–H groups in total. The van der Waals surface area contributed by atoms with Crippen LogP contribution in [0.3, 0.4) is 0 Å². The topological polar surface area (TPSA) is 72.2 Å². The Kier molecular flexibility index (Phi) is 3.97. The lowest BCUT2D eigenvalue weighted by atomic mass is 9.78. The predicted octanol–water partition coefficient (Wildman–Crippen LogP) is 3.51. The van der Waals surface area contributed by atoms with Gasteiger partial charge in [0.05, 0.1) is 4.92 Å². The highest BCUT2D eigenvalue weighted by Gasteiger charge is 2.37. The number of nitrogens with zero attached hydrogens (tertiary/aromatic N) is 4.